The van der Waals surface area contributed by atoms with E-state index in [1.165, 1.54) is 43.7 Å². The van der Waals surface area contributed by atoms with Crippen LogP contribution in [0.4, 0.5) is 0 Å². The van der Waals surface area contributed by atoms with Gasteiger partial charge in [0.1, 0.15) is 0 Å². The van der Waals surface area contributed by atoms with Crippen LogP contribution < -0.4 is 5.32 Å². The summed E-state index contributed by atoms with van der Waals surface area (Å²) in [5.74, 6) is 2.08. The molecule has 2 aliphatic heterocycles. The summed E-state index contributed by atoms with van der Waals surface area (Å²) >= 11 is 2.14. The second kappa shape index (κ2) is 5.44. The summed E-state index contributed by atoms with van der Waals surface area (Å²) in [4.78, 5) is 4.37. The number of thioether (sulfide) groups is 1. The summed E-state index contributed by atoms with van der Waals surface area (Å²) in [7, 11) is 0. The predicted octanol–water partition coefficient (Wildman–Crippen LogP) is 2.25. The number of nitrogens with zero attached hydrogens (tertiary/aromatic N) is 2. The molecule has 1 aromatic rings. The summed E-state index contributed by atoms with van der Waals surface area (Å²) in [5, 5.41) is 4.26. The monoisotopic (exact) mass is 251 g/mol. The second-order valence-corrected chi connectivity index (χ2v) is 6.54. The van der Waals surface area contributed by atoms with Crippen LogP contribution in [0.1, 0.15) is 37.3 Å². The first-order chi connectivity index (χ1) is 8.43. The topological polar surface area (TPSA) is 29.9 Å². The number of rotatable bonds is 3. The maximum absolute atomic E-state index is 4.37. The van der Waals surface area contributed by atoms with Crippen LogP contribution in [0.3, 0.4) is 0 Å². The van der Waals surface area contributed by atoms with Crippen LogP contribution >= 0.6 is 11.8 Å². The largest absolute Gasteiger partial charge is 0.333 e. The number of aromatic nitrogens is 2. The van der Waals surface area contributed by atoms with E-state index in [0.29, 0.717) is 0 Å². The smallest absolute Gasteiger partial charge is 0.0948 e. The quantitative estimate of drug-likeness (QED) is 0.893. The molecule has 1 aromatic heterocycles. The van der Waals surface area contributed by atoms with Gasteiger partial charge in [-0.15, -0.1) is 0 Å². The zero-order valence-corrected chi connectivity index (χ0v) is 11.1. The van der Waals surface area contributed by atoms with E-state index >= 15 is 0 Å². The molecule has 0 spiro atoms. The minimum Gasteiger partial charge on any atom is -0.333 e. The van der Waals surface area contributed by atoms with Gasteiger partial charge in [-0.25, -0.2) is 4.98 Å². The SMILES string of the molecule is c1ncn(CC2CCCS2)c1C1CCNCC1. The molecule has 1 N–H and O–H groups in total. The van der Waals surface area contributed by atoms with Crippen LogP contribution in [-0.4, -0.2) is 33.6 Å². The van der Waals surface area contributed by atoms with Crippen molar-refractivity contribution in [1.29, 1.82) is 0 Å². The maximum Gasteiger partial charge on any atom is 0.0948 e. The van der Waals surface area contributed by atoms with Gasteiger partial charge in [0.25, 0.3) is 0 Å². The molecule has 94 valence electrons. The Labute approximate surface area is 107 Å². The molecule has 0 aliphatic carbocycles. The fourth-order valence-corrected chi connectivity index (χ4v) is 4.21. The first kappa shape index (κ1) is 11.6. The standard InChI is InChI=1S/C13H21N3S/c1-2-12(17-7-1)9-16-10-15-8-13(16)11-3-5-14-6-4-11/h8,10-12,14H,1-7,9H2. The zero-order chi connectivity index (χ0) is 11.5. The summed E-state index contributed by atoms with van der Waals surface area (Å²) in [6, 6.07) is 0. The van der Waals surface area contributed by atoms with Gasteiger partial charge in [-0.1, -0.05) is 0 Å². The van der Waals surface area contributed by atoms with Crippen LogP contribution in [-0.2, 0) is 6.54 Å². The first-order valence-corrected chi connectivity index (χ1v) is 7.81. The van der Waals surface area contributed by atoms with E-state index in [-0.39, 0.29) is 0 Å². The third-order valence-corrected chi connectivity index (χ3v) is 5.31. The van der Waals surface area contributed by atoms with Crippen molar-refractivity contribution >= 4 is 11.8 Å². The normalized spacial score (nSPS) is 26.5. The molecule has 0 aromatic carbocycles. The lowest BCUT2D eigenvalue weighted by Crippen LogP contribution is -2.28. The minimum atomic E-state index is 0.727. The Hall–Kier alpha value is -0.480. The van der Waals surface area contributed by atoms with Gasteiger partial charge in [-0.2, -0.15) is 11.8 Å². The molecule has 0 saturated carbocycles. The molecule has 2 fully saturated rings. The van der Waals surface area contributed by atoms with E-state index in [1.54, 1.807) is 0 Å². The highest BCUT2D eigenvalue weighted by Gasteiger charge is 2.21. The van der Waals surface area contributed by atoms with Gasteiger partial charge in [-0.3, -0.25) is 0 Å². The average molecular weight is 251 g/mol. The van der Waals surface area contributed by atoms with Crippen molar-refractivity contribution in [1.82, 2.24) is 14.9 Å². The van der Waals surface area contributed by atoms with Crippen LogP contribution in [0.15, 0.2) is 12.5 Å². The summed E-state index contributed by atoms with van der Waals surface area (Å²) in [6.45, 7) is 3.49. The number of imidazole rings is 1. The number of piperidine rings is 1. The molecular formula is C13H21N3S. The van der Waals surface area contributed by atoms with Gasteiger partial charge in [0.2, 0.25) is 0 Å². The molecule has 0 radical (unpaired) electrons. The molecule has 3 heterocycles. The predicted molar refractivity (Wildman–Crippen MR) is 72.6 cm³/mol. The van der Waals surface area contributed by atoms with Gasteiger partial charge in [0, 0.05) is 29.6 Å². The van der Waals surface area contributed by atoms with Gasteiger partial charge < -0.3 is 9.88 Å². The molecular weight excluding hydrogens is 230 g/mol. The lowest BCUT2D eigenvalue weighted by atomic mass is 9.95. The first-order valence-electron chi connectivity index (χ1n) is 6.76. The number of hydrogen-bond donors (Lipinski definition) is 1. The third kappa shape index (κ3) is 2.68. The van der Waals surface area contributed by atoms with E-state index in [4.69, 9.17) is 0 Å². The zero-order valence-electron chi connectivity index (χ0n) is 10.3. The Kier molecular flexibility index (Phi) is 3.71. The van der Waals surface area contributed by atoms with Crippen LogP contribution in [0.25, 0.3) is 0 Å². The Bertz CT molecular complexity index is 351. The lowest BCUT2D eigenvalue weighted by molar-refractivity contribution is 0.437. The Morgan fingerprint density at radius 2 is 2.24 bits per heavy atom. The Morgan fingerprint density at radius 3 is 3.00 bits per heavy atom. The van der Waals surface area contributed by atoms with Crippen molar-refractivity contribution < 1.29 is 0 Å². The third-order valence-electron chi connectivity index (χ3n) is 3.93. The molecule has 2 saturated heterocycles. The van der Waals surface area contributed by atoms with Gasteiger partial charge in [-0.05, 0) is 44.5 Å². The van der Waals surface area contributed by atoms with E-state index in [1.807, 2.05) is 6.33 Å². The fourth-order valence-electron chi connectivity index (χ4n) is 2.95. The highest BCUT2D eigenvalue weighted by molar-refractivity contribution is 8.00. The molecule has 0 amide bonds. The Balaban J connectivity index is 1.69. The molecule has 3 nitrogen and oxygen atoms in total. The molecule has 4 heteroatoms. The Morgan fingerprint density at radius 1 is 1.35 bits per heavy atom. The summed E-state index contributed by atoms with van der Waals surface area (Å²) in [5.41, 5.74) is 1.47. The van der Waals surface area contributed by atoms with Crippen molar-refractivity contribution in [2.45, 2.75) is 43.4 Å². The van der Waals surface area contributed by atoms with Crippen molar-refractivity contribution in [2.75, 3.05) is 18.8 Å². The average Bonchev–Trinajstić information content (AvgIpc) is 3.02. The summed E-state index contributed by atoms with van der Waals surface area (Å²) < 4.78 is 2.42. The van der Waals surface area contributed by atoms with Crippen molar-refractivity contribution in [3.8, 4) is 0 Å². The highest BCUT2D eigenvalue weighted by Crippen LogP contribution is 2.30. The molecule has 1 atom stereocenters. The van der Waals surface area contributed by atoms with E-state index in [9.17, 15) is 0 Å². The molecule has 0 bridgehead atoms. The molecule has 3 rings (SSSR count). The van der Waals surface area contributed by atoms with Crippen molar-refractivity contribution in [3.63, 3.8) is 0 Å². The summed E-state index contributed by atoms with van der Waals surface area (Å²) in [6.07, 6.45) is 9.44. The van der Waals surface area contributed by atoms with Gasteiger partial charge in [0.05, 0.1) is 6.33 Å². The van der Waals surface area contributed by atoms with E-state index in [0.717, 1.165) is 24.3 Å². The number of hydrogen-bond acceptors (Lipinski definition) is 3. The molecule has 17 heavy (non-hydrogen) atoms. The van der Waals surface area contributed by atoms with Gasteiger partial charge in [0.15, 0.2) is 0 Å². The van der Waals surface area contributed by atoms with Crippen molar-refractivity contribution in [3.05, 3.63) is 18.2 Å². The van der Waals surface area contributed by atoms with Crippen molar-refractivity contribution in [2.24, 2.45) is 0 Å². The molecule has 2 aliphatic rings. The highest BCUT2D eigenvalue weighted by atomic mass is 32.2. The van der Waals surface area contributed by atoms with E-state index < -0.39 is 0 Å². The van der Waals surface area contributed by atoms with Crippen LogP contribution in [0, 0.1) is 0 Å². The number of nitrogens with one attached hydrogen (secondary N) is 1. The fraction of sp³-hybridized carbons (Fsp3) is 0.769. The molecule has 1 unspecified atom stereocenters. The van der Waals surface area contributed by atoms with E-state index in [2.05, 4.69) is 32.8 Å². The second-order valence-electron chi connectivity index (χ2n) is 5.13. The minimum absolute atomic E-state index is 0.727. The van der Waals surface area contributed by atoms with Crippen LogP contribution in [0.2, 0.25) is 0 Å². The van der Waals surface area contributed by atoms with Gasteiger partial charge >= 0.3 is 0 Å². The lowest BCUT2D eigenvalue weighted by Gasteiger charge is -2.24. The maximum atomic E-state index is 4.37. The van der Waals surface area contributed by atoms with Crippen LogP contribution in [0.5, 0.6) is 0 Å².